The molecule has 2 aromatic carbocycles. The first-order valence-electron chi connectivity index (χ1n) is 7.78. The van der Waals surface area contributed by atoms with Gasteiger partial charge in [-0.1, -0.05) is 54.6 Å². The van der Waals surface area contributed by atoms with E-state index in [-0.39, 0.29) is 0 Å². The van der Waals surface area contributed by atoms with Gasteiger partial charge in [0.2, 0.25) is 0 Å². The molecular formula is C21H13F3N2. The summed E-state index contributed by atoms with van der Waals surface area (Å²) >= 11 is 0. The summed E-state index contributed by atoms with van der Waals surface area (Å²) in [5, 5.41) is 9.34. The Morgan fingerprint density at radius 2 is 1.62 bits per heavy atom. The van der Waals surface area contributed by atoms with Gasteiger partial charge in [0.05, 0.1) is 22.9 Å². The lowest BCUT2D eigenvalue weighted by molar-refractivity contribution is -0.137. The van der Waals surface area contributed by atoms with Gasteiger partial charge in [0, 0.05) is 11.8 Å². The number of nitriles is 1. The van der Waals surface area contributed by atoms with Crippen LogP contribution in [0, 0.1) is 11.3 Å². The molecule has 1 aromatic heterocycles. The van der Waals surface area contributed by atoms with Gasteiger partial charge in [0.1, 0.15) is 0 Å². The topological polar surface area (TPSA) is 36.7 Å². The largest absolute Gasteiger partial charge is 0.417 e. The predicted octanol–water partition coefficient (Wildman–Crippen LogP) is 5.83. The third-order valence-corrected chi connectivity index (χ3v) is 3.81. The summed E-state index contributed by atoms with van der Waals surface area (Å²) < 4.78 is 37.8. The van der Waals surface area contributed by atoms with Gasteiger partial charge in [-0.3, -0.25) is 4.98 Å². The zero-order valence-electron chi connectivity index (χ0n) is 13.5. The molecule has 0 unspecified atom stereocenters. The molecular weight excluding hydrogens is 337 g/mol. The molecule has 0 bridgehead atoms. The molecule has 0 aliphatic rings. The molecule has 0 aliphatic carbocycles. The van der Waals surface area contributed by atoms with Crippen LogP contribution in [0.5, 0.6) is 0 Å². The standard InChI is InChI=1S/C21H13F3N2/c22-21(23,24)19-10-11-20(26-14-19)17-8-6-15(7-9-17)12-18(13-25)16-4-2-1-3-5-16/h1-12,14H/b18-12+. The monoisotopic (exact) mass is 350 g/mol. The Balaban J connectivity index is 1.85. The van der Waals surface area contributed by atoms with Crippen LogP contribution in [0.2, 0.25) is 0 Å². The van der Waals surface area contributed by atoms with Crippen molar-refractivity contribution >= 4 is 11.6 Å². The van der Waals surface area contributed by atoms with Gasteiger partial charge in [-0.05, 0) is 29.3 Å². The Hall–Kier alpha value is -3.39. The fourth-order valence-corrected chi connectivity index (χ4v) is 2.45. The van der Waals surface area contributed by atoms with E-state index < -0.39 is 11.7 Å². The van der Waals surface area contributed by atoms with Crippen molar-refractivity contribution in [1.29, 1.82) is 5.26 Å². The smallest absolute Gasteiger partial charge is 0.256 e. The molecule has 0 spiro atoms. The van der Waals surface area contributed by atoms with Crippen LogP contribution in [0.1, 0.15) is 16.7 Å². The average molecular weight is 350 g/mol. The van der Waals surface area contributed by atoms with E-state index in [1.54, 1.807) is 30.3 Å². The first-order valence-corrected chi connectivity index (χ1v) is 7.78. The molecule has 5 heteroatoms. The van der Waals surface area contributed by atoms with Crippen molar-refractivity contribution in [2.75, 3.05) is 0 Å². The van der Waals surface area contributed by atoms with Crippen LogP contribution in [-0.2, 0) is 6.18 Å². The van der Waals surface area contributed by atoms with Crippen LogP contribution >= 0.6 is 0 Å². The normalized spacial score (nSPS) is 11.8. The molecule has 26 heavy (non-hydrogen) atoms. The van der Waals surface area contributed by atoms with Crippen LogP contribution < -0.4 is 0 Å². The molecule has 1 heterocycles. The zero-order chi connectivity index (χ0) is 18.6. The maximum Gasteiger partial charge on any atom is 0.417 e. The number of aromatic nitrogens is 1. The molecule has 0 aliphatic heterocycles. The zero-order valence-corrected chi connectivity index (χ0v) is 13.5. The maximum atomic E-state index is 12.6. The molecule has 3 aromatic rings. The van der Waals surface area contributed by atoms with Crippen molar-refractivity contribution in [2.24, 2.45) is 0 Å². The average Bonchev–Trinajstić information content (AvgIpc) is 2.67. The summed E-state index contributed by atoms with van der Waals surface area (Å²) in [6.07, 6.45) is -1.81. The fourth-order valence-electron chi connectivity index (χ4n) is 2.45. The summed E-state index contributed by atoms with van der Waals surface area (Å²) in [5.74, 6) is 0. The quantitative estimate of drug-likeness (QED) is 0.440. The van der Waals surface area contributed by atoms with E-state index in [4.69, 9.17) is 0 Å². The fraction of sp³-hybridized carbons (Fsp3) is 0.0476. The number of benzene rings is 2. The Morgan fingerprint density at radius 1 is 0.923 bits per heavy atom. The highest BCUT2D eigenvalue weighted by molar-refractivity contribution is 5.89. The lowest BCUT2D eigenvalue weighted by Crippen LogP contribution is -2.05. The number of hydrogen-bond acceptors (Lipinski definition) is 2. The van der Waals surface area contributed by atoms with E-state index in [1.165, 1.54) is 6.07 Å². The summed E-state index contributed by atoms with van der Waals surface area (Å²) in [6.45, 7) is 0. The lowest BCUT2D eigenvalue weighted by atomic mass is 10.0. The van der Waals surface area contributed by atoms with Gasteiger partial charge in [0.15, 0.2) is 0 Å². The third-order valence-electron chi connectivity index (χ3n) is 3.81. The molecule has 0 saturated heterocycles. The van der Waals surface area contributed by atoms with Crippen molar-refractivity contribution in [1.82, 2.24) is 4.98 Å². The van der Waals surface area contributed by atoms with Crippen molar-refractivity contribution in [2.45, 2.75) is 6.18 Å². The van der Waals surface area contributed by atoms with Gasteiger partial charge in [-0.2, -0.15) is 18.4 Å². The molecule has 128 valence electrons. The number of rotatable bonds is 3. The number of allylic oxidation sites excluding steroid dienone is 1. The highest BCUT2D eigenvalue weighted by Crippen LogP contribution is 2.30. The van der Waals surface area contributed by atoms with Crippen LogP contribution in [0.3, 0.4) is 0 Å². The van der Waals surface area contributed by atoms with Crippen LogP contribution in [-0.4, -0.2) is 4.98 Å². The summed E-state index contributed by atoms with van der Waals surface area (Å²) in [4.78, 5) is 3.88. The minimum absolute atomic E-state index is 0.456. The molecule has 0 amide bonds. The number of nitrogens with zero attached hydrogens (tertiary/aromatic N) is 2. The van der Waals surface area contributed by atoms with E-state index >= 15 is 0 Å². The number of halogens is 3. The molecule has 0 fully saturated rings. The SMILES string of the molecule is N#C/C(=C\c1ccc(-c2ccc(C(F)(F)F)cn2)cc1)c1ccccc1. The maximum absolute atomic E-state index is 12.6. The minimum Gasteiger partial charge on any atom is -0.256 e. The van der Waals surface area contributed by atoms with Crippen LogP contribution in [0.4, 0.5) is 13.2 Å². The third kappa shape index (κ3) is 3.98. The highest BCUT2D eigenvalue weighted by atomic mass is 19.4. The Morgan fingerprint density at radius 3 is 2.15 bits per heavy atom. The second-order valence-corrected chi connectivity index (χ2v) is 5.59. The molecule has 0 atom stereocenters. The first-order chi connectivity index (χ1) is 12.5. The van der Waals surface area contributed by atoms with Crippen molar-refractivity contribution in [3.63, 3.8) is 0 Å². The van der Waals surface area contributed by atoms with Crippen molar-refractivity contribution < 1.29 is 13.2 Å². The number of pyridine rings is 1. The Kier molecular flexibility index (Phi) is 4.85. The van der Waals surface area contributed by atoms with Crippen LogP contribution in [0.25, 0.3) is 22.9 Å². The molecule has 2 nitrogen and oxygen atoms in total. The minimum atomic E-state index is -4.40. The van der Waals surface area contributed by atoms with Gasteiger partial charge >= 0.3 is 6.18 Å². The van der Waals surface area contributed by atoms with E-state index in [0.717, 1.165) is 23.4 Å². The van der Waals surface area contributed by atoms with Crippen molar-refractivity contribution in [3.05, 3.63) is 89.6 Å². The van der Waals surface area contributed by atoms with Crippen molar-refractivity contribution in [3.8, 4) is 17.3 Å². The van der Waals surface area contributed by atoms with E-state index in [2.05, 4.69) is 11.1 Å². The van der Waals surface area contributed by atoms with Gasteiger partial charge < -0.3 is 0 Å². The molecule has 0 saturated carbocycles. The lowest BCUT2D eigenvalue weighted by Gasteiger charge is -2.07. The van der Waals surface area contributed by atoms with Gasteiger partial charge in [0.25, 0.3) is 0 Å². The number of alkyl halides is 3. The predicted molar refractivity (Wildman–Crippen MR) is 94.6 cm³/mol. The summed E-state index contributed by atoms with van der Waals surface area (Å²) in [7, 11) is 0. The van der Waals surface area contributed by atoms with E-state index in [9.17, 15) is 18.4 Å². The first kappa shape index (κ1) is 17.4. The number of hydrogen-bond donors (Lipinski definition) is 0. The Bertz CT molecular complexity index is 949. The summed E-state index contributed by atoms with van der Waals surface area (Å²) in [6, 6.07) is 21.0. The molecule has 0 radical (unpaired) electrons. The highest BCUT2D eigenvalue weighted by Gasteiger charge is 2.30. The van der Waals surface area contributed by atoms with Gasteiger partial charge in [-0.25, -0.2) is 0 Å². The van der Waals surface area contributed by atoms with Gasteiger partial charge in [-0.15, -0.1) is 0 Å². The van der Waals surface area contributed by atoms with E-state index in [0.29, 0.717) is 16.8 Å². The second kappa shape index (κ2) is 7.24. The van der Waals surface area contributed by atoms with E-state index in [1.807, 2.05) is 30.3 Å². The second-order valence-electron chi connectivity index (χ2n) is 5.59. The van der Waals surface area contributed by atoms with Crippen LogP contribution in [0.15, 0.2) is 72.9 Å². The summed E-state index contributed by atoms with van der Waals surface area (Å²) in [5.41, 5.74) is 2.56. The Labute approximate surface area is 148 Å². The molecule has 0 N–H and O–H groups in total. The molecule has 3 rings (SSSR count).